The van der Waals surface area contributed by atoms with E-state index in [2.05, 4.69) is 5.32 Å². The number of amides is 1. The summed E-state index contributed by atoms with van der Waals surface area (Å²) in [6, 6.07) is 5.91. The topological polar surface area (TPSA) is 69.2 Å². The van der Waals surface area contributed by atoms with Gasteiger partial charge in [0.05, 0.1) is 0 Å². The van der Waals surface area contributed by atoms with Crippen molar-refractivity contribution < 1.29 is 14.7 Å². The highest BCUT2D eigenvalue weighted by atomic mass is 16.4. The fraction of sp³-hybridized carbons (Fsp3) is 0.429. The van der Waals surface area contributed by atoms with Crippen LogP contribution in [0.1, 0.15) is 36.8 Å². The highest BCUT2D eigenvalue weighted by Gasteiger charge is 2.10. The Labute approximate surface area is 106 Å². The number of carboxylic acid groups (broad SMARTS) is 1. The highest BCUT2D eigenvalue weighted by Crippen LogP contribution is 2.24. The van der Waals surface area contributed by atoms with Gasteiger partial charge in [-0.3, -0.25) is 4.79 Å². The first-order valence-electron chi connectivity index (χ1n) is 6.26. The summed E-state index contributed by atoms with van der Waals surface area (Å²) in [5.74, 6) is -1.48. The molecule has 4 nitrogen and oxygen atoms in total. The lowest BCUT2D eigenvalue weighted by Crippen LogP contribution is -2.24. The van der Waals surface area contributed by atoms with Crippen LogP contribution < -0.4 is 10.4 Å². The van der Waals surface area contributed by atoms with Gasteiger partial charge in [0.1, 0.15) is 0 Å². The van der Waals surface area contributed by atoms with Crippen molar-refractivity contribution in [1.29, 1.82) is 0 Å². The van der Waals surface area contributed by atoms with Gasteiger partial charge in [-0.15, -0.1) is 0 Å². The average Bonchev–Trinajstić information content (AvgIpc) is 2.36. The number of aryl methyl sites for hydroxylation is 2. The largest absolute Gasteiger partial charge is 0.550 e. The number of anilines is 1. The van der Waals surface area contributed by atoms with E-state index in [1.807, 2.05) is 18.2 Å². The first kappa shape index (κ1) is 12.6. The van der Waals surface area contributed by atoms with Crippen molar-refractivity contribution >= 4 is 17.6 Å². The van der Waals surface area contributed by atoms with Crippen LogP contribution in [-0.4, -0.2) is 11.9 Å². The minimum atomic E-state index is -1.20. The van der Waals surface area contributed by atoms with E-state index in [4.69, 9.17) is 0 Å². The van der Waals surface area contributed by atoms with Crippen LogP contribution in [0.4, 0.5) is 5.69 Å². The van der Waals surface area contributed by atoms with E-state index in [9.17, 15) is 14.7 Å². The van der Waals surface area contributed by atoms with Crippen molar-refractivity contribution in [1.82, 2.24) is 0 Å². The molecule has 96 valence electrons. The zero-order chi connectivity index (χ0) is 13.0. The minimum absolute atomic E-state index is 0.0422. The molecular weight excluding hydrogens is 230 g/mol. The number of fused-ring (bicyclic) bond motifs is 1. The lowest BCUT2D eigenvalue weighted by molar-refractivity contribution is -0.305. The van der Waals surface area contributed by atoms with Gasteiger partial charge in [-0.25, -0.2) is 0 Å². The third-order valence-electron chi connectivity index (χ3n) is 3.19. The summed E-state index contributed by atoms with van der Waals surface area (Å²) in [7, 11) is 0. The summed E-state index contributed by atoms with van der Waals surface area (Å²) in [4.78, 5) is 21.7. The molecule has 18 heavy (non-hydrogen) atoms. The summed E-state index contributed by atoms with van der Waals surface area (Å²) < 4.78 is 0. The Bertz CT molecular complexity index is 468. The van der Waals surface area contributed by atoms with E-state index < -0.39 is 5.97 Å². The Morgan fingerprint density at radius 2 is 1.83 bits per heavy atom. The van der Waals surface area contributed by atoms with Crippen LogP contribution in [0, 0.1) is 0 Å². The fourth-order valence-corrected chi connectivity index (χ4v) is 2.25. The van der Waals surface area contributed by atoms with Gasteiger partial charge < -0.3 is 15.2 Å². The molecule has 1 aromatic carbocycles. The molecule has 0 saturated carbocycles. The molecule has 1 N–H and O–H groups in total. The summed E-state index contributed by atoms with van der Waals surface area (Å²) in [5, 5.41) is 13.0. The summed E-state index contributed by atoms with van der Waals surface area (Å²) in [6.45, 7) is 0. The number of carboxylic acids is 1. The zero-order valence-electron chi connectivity index (χ0n) is 10.2. The Morgan fingerprint density at radius 3 is 2.56 bits per heavy atom. The van der Waals surface area contributed by atoms with Crippen LogP contribution in [0.15, 0.2) is 18.2 Å². The standard InChI is InChI=1S/C14H17NO3/c16-13(7-8-14(17)18)15-12-6-5-10-3-1-2-4-11(10)9-12/h5-6,9H,1-4,7-8H2,(H,15,16)(H,17,18)/p-1. The lowest BCUT2D eigenvalue weighted by atomic mass is 9.91. The maximum Gasteiger partial charge on any atom is 0.224 e. The second-order valence-electron chi connectivity index (χ2n) is 4.61. The SMILES string of the molecule is O=C([O-])CCC(=O)Nc1ccc2c(c1)CCCC2. The smallest absolute Gasteiger partial charge is 0.224 e. The molecule has 0 saturated heterocycles. The molecule has 1 aliphatic rings. The Kier molecular flexibility index (Phi) is 3.97. The quantitative estimate of drug-likeness (QED) is 0.862. The van der Waals surface area contributed by atoms with Crippen LogP contribution >= 0.6 is 0 Å². The first-order valence-corrected chi connectivity index (χ1v) is 6.26. The molecule has 0 heterocycles. The predicted molar refractivity (Wildman–Crippen MR) is 66.0 cm³/mol. The molecule has 2 rings (SSSR count). The normalized spacial score (nSPS) is 13.8. The van der Waals surface area contributed by atoms with E-state index in [1.54, 1.807) is 0 Å². The third-order valence-corrected chi connectivity index (χ3v) is 3.19. The van der Waals surface area contributed by atoms with Crippen molar-refractivity contribution in [3.8, 4) is 0 Å². The average molecular weight is 246 g/mol. The third kappa shape index (κ3) is 3.32. The molecule has 0 unspecified atom stereocenters. The number of hydrogen-bond donors (Lipinski definition) is 1. The van der Waals surface area contributed by atoms with E-state index in [0.717, 1.165) is 18.5 Å². The van der Waals surface area contributed by atoms with Crippen LogP contribution in [0.3, 0.4) is 0 Å². The zero-order valence-corrected chi connectivity index (χ0v) is 10.2. The molecule has 0 fully saturated rings. The van der Waals surface area contributed by atoms with Crippen LogP contribution in [0.5, 0.6) is 0 Å². The van der Waals surface area contributed by atoms with E-state index in [0.29, 0.717) is 0 Å². The van der Waals surface area contributed by atoms with Gasteiger partial charge in [-0.2, -0.15) is 0 Å². The maximum absolute atomic E-state index is 11.5. The number of aliphatic carboxylic acids is 1. The summed E-state index contributed by atoms with van der Waals surface area (Å²) in [5.41, 5.74) is 3.40. The minimum Gasteiger partial charge on any atom is -0.550 e. The van der Waals surface area contributed by atoms with Gasteiger partial charge in [0, 0.05) is 18.1 Å². The van der Waals surface area contributed by atoms with Crippen LogP contribution in [-0.2, 0) is 22.4 Å². The van der Waals surface area contributed by atoms with Gasteiger partial charge in [-0.1, -0.05) is 6.07 Å². The molecular formula is C14H16NO3-. The van der Waals surface area contributed by atoms with Gasteiger partial charge in [0.15, 0.2) is 0 Å². The Morgan fingerprint density at radius 1 is 1.11 bits per heavy atom. The number of rotatable bonds is 4. The van der Waals surface area contributed by atoms with E-state index >= 15 is 0 Å². The monoisotopic (exact) mass is 246 g/mol. The first-order chi connectivity index (χ1) is 8.65. The number of carbonyl (C=O) groups is 2. The second-order valence-corrected chi connectivity index (χ2v) is 4.61. The summed E-state index contributed by atoms with van der Waals surface area (Å²) in [6.07, 6.45) is 4.29. The van der Waals surface area contributed by atoms with Crippen molar-refractivity contribution in [3.05, 3.63) is 29.3 Å². The number of nitrogens with one attached hydrogen (secondary N) is 1. The van der Waals surface area contributed by atoms with Crippen molar-refractivity contribution in [2.75, 3.05) is 5.32 Å². The lowest BCUT2D eigenvalue weighted by Gasteiger charge is -2.16. The molecule has 0 spiro atoms. The second kappa shape index (κ2) is 5.67. The van der Waals surface area contributed by atoms with Gasteiger partial charge >= 0.3 is 0 Å². The van der Waals surface area contributed by atoms with Gasteiger partial charge in [-0.05, 0) is 55.4 Å². The van der Waals surface area contributed by atoms with Crippen LogP contribution in [0.2, 0.25) is 0 Å². The molecule has 1 aliphatic carbocycles. The van der Waals surface area contributed by atoms with E-state index in [1.165, 1.54) is 24.0 Å². The summed E-state index contributed by atoms with van der Waals surface area (Å²) >= 11 is 0. The fourth-order valence-electron chi connectivity index (χ4n) is 2.25. The maximum atomic E-state index is 11.5. The molecule has 0 aromatic heterocycles. The number of carbonyl (C=O) groups excluding carboxylic acids is 2. The molecule has 1 amide bonds. The van der Waals surface area contributed by atoms with Crippen molar-refractivity contribution in [3.63, 3.8) is 0 Å². The number of hydrogen-bond acceptors (Lipinski definition) is 3. The predicted octanol–water partition coefficient (Wildman–Crippen LogP) is 1.03. The molecule has 4 heteroatoms. The van der Waals surface area contributed by atoms with Crippen molar-refractivity contribution in [2.45, 2.75) is 38.5 Å². The highest BCUT2D eigenvalue weighted by molar-refractivity contribution is 5.92. The Hall–Kier alpha value is -1.84. The van der Waals surface area contributed by atoms with Crippen LogP contribution in [0.25, 0.3) is 0 Å². The molecule has 0 radical (unpaired) electrons. The Balaban J connectivity index is 1.97. The van der Waals surface area contributed by atoms with Crippen molar-refractivity contribution in [2.24, 2.45) is 0 Å². The van der Waals surface area contributed by atoms with Gasteiger partial charge in [0.25, 0.3) is 0 Å². The van der Waals surface area contributed by atoms with E-state index in [-0.39, 0.29) is 18.7 Å². The molecule has 0 aliphatic heterocycles. The molecule has 0 atom stereocenters. The number of benzene rings is 1. The molecule has 0 bridgehead atoms. The molecule has 1 aromatic rings. The van der Waals surface area contributed by atoms with Gasteiger partial charge in [0.2, 0.25) is 5.91 Å².